The van der Waals surface area contributed by atoms with E-state index in [0.717, 1.165) is 28.2 Å². The highest BCUT2D eigenvalue weighted by Gasteiger charge is 2.19. The predicted molar refractivity (Wildman–Crippen MR) is 145 cm³/mol. The fourth-order valence-electron chi connectivity index (χ4n) is 3.83. The molecule has 0 bridgehead atoms. The fraction of sp³-hybridized carbons (Fsp3) is 0.179. The first-order valence-corrected chi connectivity index (χ1v) is 11.2. The Kier molecular flexibility index (Phi) is 6.56. The number of nitrogens with one attached hydrogen (secondary N) is 1. The summed E-state index contributed by atoms with van der Waals surface area (Å²) in [6, 6.07) is 19.7. The van der Waals surface area contributed by atoms with Gasteiger partial charge in [0.25, 0.3) is 5.91 Å². The van der Waals surface area contributed by atoms with E-state index in [0.29, 0.717) is 22.3 Å². The van der Waals surface area contributed by atoms with Gasteiger partial charge in [0.2, 0.25) is 0 Å². The molecule has 0 spiro atoms. The van der Waals surface area contributed by atoms with Gasteiger partial charge in [0.1, 0.15) is 5.52 Å². The van der Waals surface area contributed by atoms with E-state index in [1.54, 1.807) is 12.1 Å². The Labute approximate surface area is 205 Å². The molecule has 0 aliphatic carbocycles. The second kappa shape index (κ2) is 9.74. The SMILES string of the molecule is C#CCNC(=O)c1ccc2nc(-c3cccc(N(C)C)c3)c(-c3cccc(N(C)C)c3)nc2c1N. The van der Waals surface area contributed by atoms with Crippen LogP contribution in [0.1, 0.15) is 10.4 Å². The highest BCUT2D eigenvalue weighted by atomic mass is 16.1. The number of rotatable bonds is 6. The van der Waals surface area contributed by atoms with Gasteiger partial charge in [-0.25, -0.2) is 9.97 Å². The molecule has 3 N–H and O–H groups in total. The standard InChI is InChI=1S/C28H28N6O/c1-6-15-30-28(35)22-13-14-23-27(24(22)29)32-26(19-10-8-12-21(17-19)34(4)5)25(31-23)18-9-7-11-20(16-18)33(2)3/h1,7-14,16-17H,15,29H2,2-5H3,(H,30,35). The van der Waals surface area contributed by atoms with Gasteiger partial charge in [-0.05, 0) is 36.4 Å². The van der Waals surface area contributed by atoms with Crippen LogP contribution in [0.3, 0.4) is 0 Å². The van der Waals surface area contributed by atoms with Crippen molar-refractivity contribution in [1.82, 2.24) is 15.3 Å². The molecule has 0 radical (unpaired) electrons. The van der Waals surface area contributed by atoms with Crippen molar-refractivity contribution in [3.8, 4) is 34.9 Å². The second-order valence-electron chi connectivity index (χ2n) is 8.59. The molecule has 0 aliphatic heterocycles. The summed E-state index contributed by atoms with van der Waals surface area (Å²) >= 11 is 0. The number of benzene rings is 3. The molecule has 0 saturated carbocycles. The Balaban J connectivity index is 1.98. The quantitative estimate of drug-likeness (QED) is 0.331. The molecule has 0 unspecified atom stereocenters. The zero-order valence-corrected chi connectivity index (χ0v) is 20.3. The minimum atomic E-state index is -0.344. The number of hydrogen-bond donors (Lipinski definition) is 2. The number of nitrogens with zero attached hydrogens (tertiary/aromatic N) is 4. The number of carbonyl (C=O) groups excluding carboxylic acids is 1. The van der Waals surface area contributed by atoms with Crippen molar-refractivity contribution in [3.63, 3.8) is 0 Å². The van der Waals surface area contributed by atoms with Gasteiger partial charge >= 0.3 is 0 Å². The molecule has 0 atom stereocenters. The Morgan fingerprint density at radius 1 is 0.914 bits per heavy atom. The predicted octanol–water partition coefficient (Wildman–Crippen LogP) is 4.04. The van der Waals surface area contributed by atoms with Crippen molar-refractivity contribution >= 4 is 34.0 Å². The van der Waals surface area contributed by atoms with Gasteiger partial charge in [0.15, 0.2) is 0 Å². The molecule has 1 aromatic heterocycles. The monoisotopic (exact) mass is 464 g/mol. The summed E-state index contributed by atoms with van der Waals surface area (Å²) in [5.74, 6) is 2.06. The molecule has 1 amide bonds. The number of carbonyl (C=O) groups is 1. The highest BCUT2D eigenvalue weighted by molar-refractivity contribution is 6.06. The molecule has 176 valence electrons. The van der Waals surface area contributed by atoms with Crippen LogP contribution in [0, 0.1) is 12.3 Å². The minimum absolute atomic E-state index is 0.117. The largest absolute Gasteiger partial charge is 0.396 e. The molecule has 0 fully saturated rings. The van der Waals surface area contributed by atoms with E-state index in [1.807, 2.05) is 74.4 Å². The maximum Gasteiger partial charge on any atom is 0.254 e. The lowest BCUT2D eigenvalue weighted by Gasteiger charge is -2.17. The van der Waals surface area contributed by atoms with Crippen LogP contribution in [0.4, 0.5) is 17.1 Å². The molecule has 1 heterocycles. The molecule has 7 heteroatoms. The Morgan fingerprint density at radius 3 is 2.03 bits per heavy atom. The molecule has 35 heavy (non-hydrogen) atoms. The first kappa shape index (κ1) is 23.6. The van der Waals surface area contributed by atoms with Crippen LogP contribution in [-0.4, -0.2) is 50.6 Å². The summed E-state index contributed by atoms with van der Waals surface area (Å²) in [5.41, 5.74) is 13.4. The molecule has 3 aromatic carbocycles. The van der Waals surface area contributed by atoms with E-state index in [4.69, 9.17) is 22.1 Å². The van der Waals surface area contributed by atoms with E-state index < -0.39 is 0 Å². The third kappa shape index (κ3) is 4.73. The second-order valence-corrected chi connectivity index (χ2v) is 8.59. The van der Waals surface area contributed by atoms with Gasteiger partial charge in [-0.1, -0.05) is 30.2 Å². The third-order valence-corrected chi connectivity index (χ3v) is 5.74. The number of fused-ring (bicyclic) bond motifs is 1. The van der Waals surface area contributed by atoms with Crippen molar-refractivity contribution in [3.05, 3.63) is 66.2 Å². The van der Waals surface area contributed by atoms with Gasteiger partial charge in [0, 0.05) is 50.7 Å². The van der Waals surface area contributed by atoms with E-state index in [9.17, 15) is 4.79 Å². The zero-order valence-electron chi connectivity index (χ0n) is 20.3. The van der Waals surface area contributed by atoms with Crippen LogP contribution in [-0.2, 0) is 0 Å². The lowest BCUT2D eigenvalue weighted by molar-refractivity contribution is 0.0959. The Morgan fingerprint density at radius 2 is 1.49 bits per heavy atom. The van der Waals surface area contributed by atoms with E-state index in [2.05, 4.69) is 23.4 Å². The molecular weight excluding hydrogens is 436 g/mol. The molecule has 4 aromatic rings. The van der Waals surface area contributed by atoms with E-state index in [-0.39, 0.29) is 18.1 Å². The van der Waals surface area contributed by atoms with Crippen LogP contribution >= 0.6 is 0 Å². The maximum atomic E-state index is 12.6. The van der Waals surface area contributed by atoms with Gasteiger partial charge in [-0.15, -0.1) is 6.42 Å². The Hall–Kier alpha value is -4.57. The van der Waals surface area contributed by atoms with Crippen molar-refractivity contribution in [2.24, 2.45) is 0 Å². The van der Waals surface area contributed by atoms with Crippen molar-refractivity contribution in [2.45, 2.75) is 0 Å². The van der Waals surface area contributed by atoms with Crippen LogP contribution in [0.25, 0.3) is 33.5 Å². The fourth-order valence-corrected chi connectivity index (χ4v) is 3.83. The average Bonchev–Trinajstić information content (AvgIpc) is 2.87. The maximum absolute atomic E-state index is 12.6. The number of amides is 1. The molecule has 4 rings (SSSR count). The molecule has 0 saturated heterocycles. The van der Waals surface area contributed by atoms with Crippen LogP contribution < -0.4 is 20.9 Å². The zero-order chi connectivity index (χ0) is 25.1. The summed E-state index contributed by atoms with van der Waals surface area (Å²) in [4.78, 5) is 26.6. The minimum Gasteiger partial charge on any atom is -0.396 e. The lowest BCUT2D eigenvalue weighted by atomic mass is 10.0. The van der Waals surface area contributed by atoms with Gasteiger partial charge < -0.3 is 20.9 Å². The van der Waals surface area contributed by atoms with Crippen molar-refractivity contribution in [1.29, 1.82) is 0 Å². The summed E-state index contributed by atoms with van der Waals surface area (Å²) in [7, 11) is 7.98. The number of aromatic nitrogens is 2. The van der Waals surface area contributed by atoms with Crippen molar-refractivity contribution < 1.29 is 4.79 Å². The van der Waals surface area contributed by atoms with Crippen LogP contribution in [0.2, 0.25) is 0 Å². The topological polar surface area (TPSA) is 87.4 Å². The summed E-state index contributed by atoms with van der Waals surface area (Å²) in [6.07, 6.45) is 5.28. The van der Waals surface area contributed by atoms with Crippen LogP contribution in [0.15, 0.2) is 60.7 Å². The summed E-state index contributed by atoms with van der Waals surface area (Å²) in [5, 5.41) is 2.66. The number of terminal acetylenes is 1. The smallest absolute Gasteiger partial charge is 0.254 e. The average molecular weight is 465 g/mol. The van der Waals surface area contributed by atoms with Gasteiger partial charge in [0.05, 0.1) is 34.7 Å². The van der Waals surface area contributed by atoms with E-state index >= 15 is 0 Å². The number of nitrogen functional groups attached to an aromatic ring is 1. The summed E-state index contributed by atoms with van der Waals surface area (Å²) in [6.45, 7) is 0.117. The van der Waals surface area contributed by atoms with Gasteiger partial charge in [-0.3, -0.25) is 4.79 Å². The molecule has 7 nitrogen and oxygen atoms in total. The Bertz CT molecular complexity index is 1450. The summed E-state index contributed by atoms with van der Waals surface area (Å²) < 4.78 is 0. The normalized spacial score (nSPS) is 10.6. The highest BCUT2D eigenvalue weighted by Crippen LogP contribution is 2.35. The van der Waals surface area contributed by atoms with Gasteiger partial charge in [-0.2, -0.15) is 0 Å². The molecular formula is C28H28N6O. The van der Waals surface area contributed by atoms with E-state index in [1.165, 1.54) is 0 Å². The molecule has 0 aliphatic rings. The lowest BCUT2D eigenvalue weighted by Crippen LogP contribution is -2.24. The number of anilines is 3. The first-order chi connectivity index (χ1) is 16.8. The number of hydrogen-bond acceptors (Lipinski definition) is 6. The van der Waals surface area contributed by atoms with Crippen molar-refractivity contribution in [2.75, 3.05) is 50.3 Å². The first-order valence-electron chi connectivity index (χ1n) is 11.2. The number of nitrogens with two attached hydrogens (primary N) is 1. The third-order valence-electron chi connectivity index (χ3n) is 5.74. The van der Waals surface area contributed by atoms with Crippen LogP contribution in [0.5, 0.6) is 0 Å².